The van der Waals surface area contributed by atoms with Gasteiger partial charge in [-0.2, -0.15) is 0 Å². The normalized spacial score (nSPS) is 36.9. The fourth-order valence-corrected chi connectivity index (χ4v) is 4.29. The van der Waals surface area contributed by atoms with Gasteiger partial charge in [0.2, 0.25) is 0 Å². The number of allylic oxidation sites excluding steroid dienone is 4. The van der Waals surface area contributed by atoms with E-state index in [1.807, 2.05) is 0 Å². The fraction of sp³-hybridized carbons (Fsp3) is 0.667. The minimum Gasteiger partial charge on any atom is -0.299 e. The summed E-state index contributed by atoms with van der Waals surface area (Å²) in [7, 11) is 0. The number of carbonyl (C=O) groups is 2. The summed E-state index contributed by atoms with van der Waals surface area (Å²) < 4.78 is 0. The van der Waals surface area contributed by atoms with Crippen LogP contribution in [0.5, 0.6) is 0 Å². The second-order valence-corrected chi connectivity index (χ2v) is 6.54. The van der Waals surface area contributed by atoms with Gasteiger partial charge in [-0.15, -0.1) is 0 Å². The minimum absolute atomic E-state index is 0.0136. The Balaban J connectivity index is 1.88. The van der Waals surface area contributed by atoms with Gasteiger partial charge in [-0.1, -0.05) is 37.1 Å². The molecular formula is C18H24O2. The van der Waals surface area contributed by atoms with Crippen LogP contribution in [0.25, 0.3) is 0 Å². The van der Waals surface area contributed by atoms with E-state index in [-0.39, 0.29) is 23.7 Å². The van der Waals surface area contributed by atoms with Gasteiger partial charge in [-0.05, 0) is 38.5 Å². The van der Waals surface area contributed by atoms with Crippen LogP contribution in [0, 0.1) is 23.7 Å². The van der Waals surface area contributed by atoms with Crippen LogP contribution in [-0.4, -0.2) is 11.6 Å². The van der Waals surface area contributed by atoms with Crippen LogP contribution >= 0.6 is 0 Å². The second kappa shape index (κ2) is 5.31. The minimum atomic E-state index is -0.0183. The lowest BCUT2D eigenvalue weighted by molar-refractivity contribution is -0.147. The first-order valence-electron chi connectivity index (χ1n) is 8.08. The monoisotopic (exact) mass is 272 g/mol. The first-order valence-corrected chi connectivity index (χ1v) is 8.08. The highest BCUT2D eigenvalue weighted by atomic mass is 16.1. The van der Waals surface area contributed by atoms with Gasteiger partial charge in [0.15, 0.2) is 0 Å². The lowest BCUT2D eigenvalue weighted by Crippen LogP contribution is -2.49. The Labute approximate surface area is 121 Å². The number of fused-ring (bicyclic) bond motifs is 2. The number of ketones is 2. The first kappa shape index (κ1) is 13.8. The number of Topliss-reactive ketones (excluding diaryl/α,β-unsaturated/α-hetero) is 2. The van der Waals surface area contributed by atoms with Gasteiger partial charge in [0.25, 0.3) is 0 Å². The molecule has 0 N–H and O–H groups in total. The molecule has 3 aliphatic rings. The van der Waals surface area contributed by atoms with Crippen molar-refractivity contribution < 1.29 is 9.59 Å². The van der Waals surface area contributed by atoms with Gasteiger partial charge in [0.1, 0.15) is 11.6 Å². The standard InChI is InChI=1S/C18H24O2/c1-3-11-5-7-13-15(9-11)17(19)14-8-6-12(4-2)10-16(14)18(13)20/h5-6,13-16H,3-4,7-10H2,1-2H3. The number of hydrogen-bond acceptors (Lipinski definition) is 2. The Bertz CT molecular complexity index is 452. The van der Waals surface area contributed by atoms with Gasteiger partial charge >= 0.3 is 0 Å². The SMILES string of the molecule is CCC1=CCC2C(=O)C3CC(CC)=CCC3C(=O)C2C1. The molecule has 0 saturated heterocycles. The third-order valence-corrected chi connectivity index (χ3v) is 5.63. The van der Waals surface area contributed by atoms with E-state index in [0.29, 0.717) is 11.6 Å². The van der Waals surface area contributed by atoms with Gasteiger partial charge in [0.05, 0.1) is 0 Å². The van der Waals surface area contributed by atoms with E-state index in [1.54, 1.807) is 0 Å². The largest absolute Gasteiger partial charge is 0.299 e. The molecule has 3 aliphatic carbocycles. The topological polar surface area (TPSA) is 34.1 Å². The predicted molar refractivity (Wildman–Crippen MR) is 79.2 cm³/mol. The molecule has 0 aromatic carbocycles. The van der Waals surface area contributed by atoms with E-state index < -0.39 is 0 Å². The van der Waals surface area contributed by atoms with Crippen LogP contribution < -0.4 is 0 Å². The molecule has 0 heterocycles. The molecule has 1 fully saturated rings. The Morgan fingerprint density at radius 2 is 1.20 bits per heavy atom. The predicted octanol–water partition coefficient (Wildman–Crippen LogP) is 3.86. The average Bonchev–Trinajstić information content (AvgIpc) is 2.51. The fourth-order valence-electron chi connectivity index (χ4n) is 4.29. The molecule has 0 spiro atoms. The molecule has 2 heteroatoms. The van der Waals surface area contributed by atoms with Gasteiger partial charge in [-0.3, -0.25) is 9.59 Å². The van der Waals surface area contributed by atoms with Crippen molar-refractivity contribution in [3.05, 3.63) is 23.3 Å². The van der Waals surface area contributed by atoms with E-state index >= 15 is 0 Å². The van der Waals surface area contributed by atoms with Crippen LogP contribution in [0.1, 0.15) is 52.4 Å². The van der Waals surface area contributed by atoms with Gasteiger partial charge in [0, 0.05) is 23.7 Å². The first-order chi connectivity index (χ1) is 9.65. The molecular weight excluding hydrogens is 248 g/mol. The molecule has 1 saturated carbocycles. The van der Waals surface area contributed by atoms with Crippen LogP contribution in [0.4, 0.5) is 0 Å². The number of rotatable bonds is 2. The molecule has 3 rings (SSSR count). The second-order valence-electron chi connectivity index (χ2n) is 6.54. The van der Waals surface area contributed by atoms with Crippen LogP contribution in [0.3, 0.4) is 0 Å². The van der Waals surface area contributed by atoms with Crippen molar-refractivity contribution in [2.45, 2.75) is 52.4 Å². The lowest BCUT2D eigenvalue weighted by Gasteiger charge is -2.42. The lowest BCUT2D eigenvalue weighted by atomic mass is 9.59. The third kappa shape index (κ3) is 2.10. The van der Waals surface area contributed by atoms with Crippen molar-refractivity contribution in [3.8, 4) is 0 Å². The van der Waals surface area contributed by atoms with Crippen molar-refractivity contribution in [3.63, 3.8) is 0 Å². The molecule has 0 aromatic rings. The highest BCUT2D eigenvalue weighted by Gasteiger charge is 2.50. The molecule has 20 heavy (non-hydrogen) atoms. The molecule has 0 aromatic heterocycles. The van der Waals surface area contributed by atoms with Crippen LogP contribution in [0.2, 0.25) is 0 Å². The summed E-state index contributed by atoms with van der Waals surface area (Å²) in [6.07, 6.45) is 9.72. The molecule has 0 aliphatic heterocycles. The van der Waals surface area contributed by atoms with Crippen LogP contribution in [-0.2, 0) is 9.59 Å². The molecule has 0 amide bonds. The Morgan fingerprint density at radius 3 is 1.55 bits per heavy atom. The summed E-state index contributed by atoms with van der Waals surface area (Å²) in [5.41, 5.74) is 2.73. The Hall–Kier alpha value is -1.18. The van der Waals surface area contributed by atoms with Crippen molar-refractivity contribution in [1.82, 2.24) is 0 Å². The van der Waals surface area contributed by atoms with Gasteiger partial charge < -0.3 is 0 Å². The molecule has 108 valence electrons. The summed E-state index contributed by atoms with van der Waals surface area (Å²) in [4.78, 5) is 25.6. The Kier molecular flexibility index (Phi) is 3.66. The Morgan fingerprint density at radius 1 is 0.800 bits per heavy atom. The number of carbonyl (C=O) groups excluding carboxylic acids is 2. The maximum Gasteiger partial charge on any atom is 0.141 e. The van der Waals surface area contributed by atoms with E-state index in [0.717, 1.165) is 38.5 Å². The quantitative estimate of drug-likeness (QED) is 0.715. The van der Waals surface area contributed by atoms with Crippen molar-refractivity contribution in [2.75, 3.05) is 0 Å². The maximum absolute atomic E-state index is 12.8. The van der Waals surface area contributed by atoms with E-state index in [1.165, 1.54) is 11.1 Å². The molecule has 4 atom stereocenters. The van der Waals surface area contributed by atoms with Crippen molar-refractivity contribution >= 4 is 11.6 Å². The smallest absolute Gasteiger partial charge is 0.141 e. The van der Waals surface area contributed by atoms with E-state index in [4.69, 9.17) is 0 Å². The van der Waals surface area contributed by atoms with E-state index in [2.05, 4.69) is 26.0 Å². The summed E-state index contributed by atoms with van der Waals surface area (Å²) in [6.45, 7) is 4.28. The molecule has 0 bridgehead atoms. The summed E-state index contributed by atoms with van der Waals surface area (Å²) in [5, 5.41) is 0. The summed E-state index contributed by atoms with van der Waals surface area (Å²) in [6, 6.07) is 0. The summed E-state index contributed by atoms with van der Waals surface area (Å²) >= 11 is 0. The van der Waals surface area contributed by atoms with E-state index in [9.17, 15) is 9.59 Å². The van der Waals surface area contributed by atoms with Gasteiger partial charge in [-0.25, -0.2) is 0 Å². The number of hydrogen-bond donors (Lipinski definition) is 0. The maximum atomic E-state index is 12.8. The summed E-state index contributed by atoms with van der Waals surface area (Å²) in [5.74, 6) is 0.696. The third-order valence-electron chi connectivity index (χ3n) is 5.63. The average molecular weight is 272 g/mol. The van der Waals surface area contributed by atoms with Crippen LogP contribution in [0.15, 0.2) is 23.3 Å². The molecule has 0 radical (unpaired) electrons. The zero-order valence-electron chi connectivity index (χ0n) is 12.5. The highest BCUT2D eigenvalue weighted by Crippen LogP contribution is 2.46. The molecule has 4 unspecified atom stereocenters. The highest BCUT2D eigenvalue weighted by molar-refractivity contribution is 6.00. The zero-order valence-corrected chi connectivity index (χ0v) is 12.5. The zero-order chi connectivity index (χ0) is 14.3. The van der Waals surface area contributed by atoms with Crippen molar-refractivity contribution in [2.24, 2.45) is 23.7 Å². The van der Waals surface area contributed by atoms with Crippen molar-refractivity contribution in [1.29, 1.82) is 0 Å². The molecule has 2 nitrogen and oxygen atoms in total.